The van der Waals surface area contributed by atoms with Crippen LogP contribution >= 0.6 is 0 Å². The van der Waals surface area contributed by atoms with Crippen molar-refractivity contribution < 1.29 is 14.7 Å². The molecule has 7 heteroatoms. The number of aryl methyl sites for hydroxylation is 1. The first-order valence-electron chi connectivity index (χ1n) is 6.14. The average molecular weight is 262 g/mol. The Labute approximate surface area is 109 Å². The minimum absolute atomic E-state index is 0.0133. The molecule has 0 radical (unpaired) electrons. The maximum absolute atomic E-state index is 12.3. The standard InChI is InChI=1S/C12H14N4O3/c1-16-12(13-5-14-16)15-10(17)8-6-2-3-7(4-6)9(8)11(18)19/h2-3,5-9H,4H2,1H3,(H,18,19)(H,13,14,15,17)/t6?,7?,8-,9+/m0/s1. The molecule has 1 aromatic heterocycles. The smallest absolute Gasteiger partial charge is 0.307 e. The summed E-state index contributed by atoms with van der Waals surface area (Å²) in [5, 5.41) is 15.8. The number of carboxylic acids is 1. The fourth-order valence-electron chi connectivity index (χ4n) is 3.12. The first-order valence-corrected chi connectivity index (χ1v) is 6.14. The van der Waals surface area contributed by atoms with Crippen LogP contribution in [0.25, 0.3) is 0 Å². The number of nitrogens with zero attached hydrogens (tertiary/aromatic N) is 3. The highest BCUT2D eigenvalue weighted by molar-refractivity contribution is 5.95. The summed E-state index contributed by atoms with van der Waals surface area (Å²) < 4.78 is 1.44. The van der Waals surface area contributed by atoms with Gasteiger partial charge in [0.15, 0.2) is 0 Å². The summed E-state index contributed by atoms with van der Waals surface area (Å²) >= 11 is 0. The third-order valence-electron chi connectivity index (χ3n) is 3.99. The van der Waals surface area contributed by atoms with Crippen LogP contribution < -0.4 is 5.32 Å². The Bertz CT molecular complexity index is 565. The number of carbonyl (C=O) groups is 2. The van der Waals surface area contributed by atoms with Gasteiger partial charge in [0.2, 0.25) is 11.9 Å². The Balaban J connectivity index is 1.81. The molecule has 7 nitrogen and oxygen atoms in total. The average Bonchev–Trinajstić information content (AvgIpc) is 3.04. The van der Waals surface area contributed by atoms with Crippen molar-refractivity contribution in [1.29, 1.82) is 0 Å². The highest BCUT2D eigenvalue weighted by Crippen LogP contribution is 2.48. The fraction of sp³-hybridized carbons (Fsp3) is 0.500. The van der Waals surface area contributed by atoms with Gasteiger partial charge in [0.1, 0.15) is 6.33 Å². The molecule has 4 atom stereocenters. The van der Waals surface area contributed by atoms with E-state index in [0.29, 0.717) is 5.95 Å². The molecule has 1 aromatic rings. The van der Waals surface area contributed by atoms with Crippen LogP contribution in [0.1, 0.15) is 6.42 Å². The van der Waals surface area contributed by atoms with Crippen LogP contribution in [-0.4, -0.2) is 31.7 Å². The van der Waals surface area contributed by atoms with E-state index in [9.17, 15) is 14.7 Å². The quantitative estimate of drug-likeness (QED) is 0.762. The van der Waals surface area contributed by atoms with E-state index < -0.39 is 17.8 Å². The number of carboxylic acid groups (broad SMARTS) is 1. The molecule has 0 spiro atoms. The van der Waals surface area contributed by atoms with Gasteiger partial charge in [-0.15, -0.1) is 0 Å². The van der Waals surface area contributed by atoms with Crippen molar-refractivity contribution in [2.45, 2.75) is 6.42 Å². The number of hydrogen-bond acceptors (Lipinski definition) is 4. The number of carbonyl (C=O) groups excluding carboxylic acids is 1. The number of allylic oxidation sites excluding steroid dienone is 2. The topological polar surface area (TPSA) is 97.1 Å². The summed E-state index contributed by atoms with van der Waals surface area (Å²) in [5.74, 6) is -2.04. The van der Waals surface area contributed by atoms with Gasteiger partial charge in [-0.1, -0.05) is 12.2 Å². The zero-order chi connectivity index (χ0) is 13.6. The summed E-state index contributed by atoms with van der Waals surface area (Å²) in [6, 6.07) is 0. The van der Waals surface area contributed by atoms with Crippen LogP contribution in [-0.2, 0) is 16.6 Å². The minimum Gasteiger partial charge on any atom is -0.481 e. The highest BCUT2D eigenvalue weighted by Gasteiger charge is 2.51. The van der Waals surface area contributed by atoms with Gasteiger partial charge >= 0.3 is 5.97 Å². The van der Waals surface area contributed by atoms with E-state index in [1.807, 2.05) is 12.2 Å². The molecule has 1 fully saturated rings. The molecule has 2 aliphatic rings. The molecule has 2 bridgehead atoms. The largest absolute Gasteiger partial charge is 0.481 e. The molecule has 1 heterocycles. The molecule has 1 amide bonds. The first-order chi connectivity index (χ1) is 9.08. The summed E-state index contributed by atoms with van der Waals surface area (Å²) in [5.41, 5.74) is 0. The molecular formula is C12H14N4O3. The Morgan fingerprint density at radius 2 is 2.05 bits per heavy atom. The van der Waals surface area contributed by atoms with E-state index in [-0.39, 0.29) is 17.7 Å². The molecule has 100 valence electrons. The van der Waals surface area contributed by atoms with E-state index in [1.54, 1.807) is 7.05 Å². The second kappa shape index (κ2) is 4.18. The van der Waals surface area contributed by atoms with Gasteiger partial charge in [0.25, 0.3) is 0 Å². The lowest BCUT2D eigenvalue weighted by Gasteiger charge is -2.23. The van der Waals surface area contributed by atoms with E-state index >= 15 is 0 Å². The lowest BCUT2D eigenvalue weighted by molar-refractivity contribution is -0.146. The van der Waals surface area contributed by atoms with Gasteiger partial charge < -0.3 is 5.11 Å². The van der Waals surface area contributed by atoms with Crippen molar-refractivity contribution in [3.8, 4) is 0 Å². The van der Waals surface area contributed by atoms with Gasteiger partial charge in [-0.3, -0.25) is 14.9 Å². The van der Waals surface area contributed by atoms with Crippen LogP contribution in [0.15, 0.2) is 18.5 Å². The van der Waals surface area contributed by atoms with Crippen molar-refractivity contribution in [2.75, 3.05) is 5.32 Å². The van der Waals surface area contributed by atoms with E-state index in [0.717, 1.165) is 6.42 Å². The zero-order valence-corrected chi connectivity index (χ0v) is 10.4. The lowest BCUT2D eigenvalue weighted by Crippen LogP contribution is -2.36. The van der Waals surface area contributed by atoms with Gasteiger partial charge in [-0.05, 0) is 18.3 Å². The summed E-state index contributed by atoms with van der Waals surface area (Å²) in [6.45, 7) is 0. The third-order valence-corrected chi connectivity index (χ3v) is 3.99. The second-order valence-electron chi connectivity index (χ2n) is 5.03. The predicted molar refractivity (Wildman–Crippen MR) is 65.0 cm³/mol. The third kappa shape index (κ3) is 1.81. The maximum Gasteiger partial charge on any atom is 0.307 e. The van der Waals surface area contributed by atoms with Crippen LogP contribution in [0.3, 0.4) is 0 Å². The number of amides is 1. The van der Waals surface area contributed by atoms with E-state index in [2.05, 4.69) is 15.4 Å². The molecule has 2 unspecified atom stereocenters. The Morgan fingerprint density at radius 1 is 1.37 bits per heavy atom. The maximum atomic E-state index is 12.3. The van der Waals surface area contributed by atoms with E-state index in [4.69, 9.17) is 0 Å². The van der Waals surface area contributed by atoms with Crippen LogP contribution in [0.4, 0.5) is 5.95 Å². The molecule has 2 aliphatic carbocycles. The normalized spacial score (nSPS) is 31.6. The van der Waals surface area contributed by atoms with Crippen LogP contribution in [0.2, 0.25) is 0 Å². The number of aromatic nitrogens is 3. The molecule has 0 aromatic carbocycles. The number of nitrogens with one attached hydrogen (secondary N) is 1. The molecule has 1 saturated carbocycles. The summed E-state index contributed by atoms with van der Waals surface area (Å²) in [6.07, 6.45) is 5.94. The monoisotopic (exact) mass is 262 g/mol. The van der Waals surface area contributed by atoms with Gasteiger partial charge in [0, 0.05) is 7.05 Å². The Kier molecular flexibility index (Phi) is 2.62. The predicted octanol–water partition coefficient (Wildman–Crippen LogP) is 0.276. The molecule has 0 aliphatic heterocycles. The molecule has 0 saturated heterocycles. The van der Waals surface area contributed by atoms with Gasteiger partial charge in [0.05, 0.1) is 11.8 Å². The number of hydrogen-bond donors (Lipinski definition) is 2. The Hall–Kier alpha value is -2.18. The molecule has 2 N–H and O–H groups in total. The zero-order valence-electron chi connectivity index (χ0n) is 10.4. The number of fused-ring (bicyclic) bond motifs is 2. The van der Waals surface area contributed by atoms with Gasteiger partial charge in [-0.2, -0.15) is 10.1 Å². The minimum atomic E-state index is -0.907. The Morgan fingerprint density at radius 3 is 2.63 bits per heavy atom. The fourth-order valence-corrected chi connectivity index (χ4v) is 3.12. The second-order valence-corrected chi connectivity index (χ2v) is 5.03. The first kappa shape index (κ1) is 11.9. The van der Waals surface area contributed by atoms with Crippen molar-refractivity contribution in [1.82, 2.24) is 14.8 Å². The van der Waals surface area contributed by atoms with Gasteiger partial charge in [-0.25, -0.2) is 4.68 Å². The molecule has 19 heavy (non-hydrogen) atoms. The lowest BCUT2D eigenvalue weighted by atomic mass is 9.82. The number of aliphatic carboxylic acids is 1. The van der Waals surface area contributed by atoms with Crippen LogP contribution in [0.5, 0.6) is 0 Å². The SMILES string of the molecule is Cn1ncnc1NC(=O)[C@H]1C2C=CC(C2)[C@H]1C(=O)O. The molecule has 3 rings (SSSR count). The highest BCUT2D eigenvalue weighted by atomic mass is 16.4. The van der Waals surface area contributed by atoms with Crippen LogP contribution in [0, 0.1) is 23.7 Å². The van der Waals surface area contributed by atoms with Crippen molar-refractivity contribution >= 4 is 17.8 Å². The van der Waals surface area contributed by atoms with E-state index in [1.165, 1.54) is 11.0 Å². The summed E-state index contributed by atoms with van der Waals surface area (Å²) in [4.78, 5) is 27.5. The van der Waals surface area contributed by atoms with Crippen molar-refractivity contribution in [2.24, 2.45) is 30.7 Å². The van der Waals surface area contributed by atoms with Crippen molar-refractivity contribution in [3.05, 3.63) is 18.5 Å². The number of anilines is 1. The number of rotatable bonds is 3. The van der Waals surface area contributed by atoms with Crippen molar-refractivity contribution in [3.63, 3.8) is 0 Å². The summed E-state index contributed by atoms with van der Waals surface area (Å²) in [7, 11) is 1.66. The molecular weight excluding hydrogens is 248 g/mol.